The van der Waals surface area contributed by atoms with Gasteiger partial charge in [0, 0.05) is 6.54 Å². The van der Waals surface area contributed by atoms with Crippen LogP contribution in [0.25, 0.3) is 0 Å². The lowest BCUT2D eigenvalue weighted by Gasteiger charge is -2.29. The highest BCUT2D eigenvalue weighted by atomic mass is 16.2. The van der Waals surface area contributed by atoms with Gasteiger partial charge in [-0.15, -0.1) is 0 Å². The Bertz CT molecular complexity index is 310. The number of hydrogen-bond donors (Lipinski definition) is 1. The number of hydrogen-bond acceptors (Lipinski definition) is 2. The van der Waals surface area contributed by atoms with Gasteiger partial charge in [-0.3, -0.25) is 10.1 Å². The molecule has 1 aliphatic carbocycles. The first-order chi connectivity index (χ1) is 8.51. The number of nitrogens with zero attached hydrogens (tertiary/aromatic N) is 1. The fourth-order valence-electron chi connectivity index (χ4n) is 3.03. The van der Waals surface area contributed by atoms with Crippen molar-refractivity contribution in [1.29, 1.82) is 0 Å². The van der Waals surface area contributed by atoms with Crippen LogP contribution in [0.15, 0.2) is 0 Å². The maximum Gasteiger partial charge on any atom is 0.241 e. The molecule has 104 valence electrons. The largest absolute Gasteiger partial charge is 0.325 e. The van der Waals surface area contributed by atoms with E-state index in [0.717, 1.165) is 19.4 Å². The summed E-state index contributed by atoms with van der Waals surface area (Å²) >= 11 is 0. The molecule has 3 heteroatoms. The van der Waals surface area contributed by atoms with Gasteiger partial charge in [-0.2, -0.15) is 0 Å². The first-order valence-electron chi connectivity index (χ1n) is 7.58. The van der Waals surface area contributed by atoms with Crippen LogP contribution >= 0.6 is 0 Å². The molecule has 1 saturated carbocycles. The van der Waals surface area contributed by atoms with Crippen LogP contribution in [-0.2, 0) is 4.79 Å². The summed E-state index contributed by atoms with van der Waals surface area (Å²) in [6.45, 7) is 9.80. The molecule has 2 aliphatic rings. The number of carbonyl (C=O) groups is 1. The molecule has 0 aromatic rings. The van der Waals surface area contributed by atoms with Gasteiger partial charge in [0.15, 0.2) is 0 Å². The summed E-state index contributed by atoms with van der Waals surface area (Å²) in [7, 11) is 0. The Kier molecular flexibility index (Phi) is 4.00. The molecule has 0 aromatic heterocycles. The van der Waals surface area contributed by atoms with E-state index in [4.69, 9.17) is 0 Å². The van der Waals surface area contributed by atoms with Crippen molar-refractivity contribution in [2.24, 2.45) is 11.3 Å². The predicted octanol–water partition coefficient (Wildman–Crippen LogP) is 2.76. The molecule has 0 spiro atoms. The van der Waals surface area contributed by atoms with Crippen LogP contribution in [0.1, 0.15) is 59.8 Å². The van der Waals surface area contributed by atoms with Crippen molar-refractivity contribution in [3.05, 3.63) is 0 Å². The molecular weight excluding hydrogens is 224 g/mol. The quantitative estimate of drug-likeness (QED) is 0.788. The molecule has 1 amide bonds. The molecule has 1 heterocycles. The van der Waals surface area contributed by atoms with Crippen LogP contribution in [0.2, 0.25) is 0 Å². The minimum absolute atomic E-state index is 0.0569. The highest BCUT2D eigenvalue weighted by Gasteiger charge is 2.47. The van der Waals surface area contributed by atoms with Crippen molar-refractivity contribution < 1.29 is 4.79 Å². The van der Waals surface area contributed by atoms with E-state index in [0.29, 0.717) is 17.2 Å². The van der Waals surface area contributed by atoms with Crippen molar-refractivity contribution >= 4 is 5.91 Å². The average molecular weight is 252 g/mol. The summed E-state index contributed by atoms with van der Waals surface area (Å²) < 4.78 is 0. The zero-order valence-electron chi connectivity index (χ0n) is 12.3. The Morgan fingerprint density at radius 2 is 2.06 bits per heavy atom. The van der Waals surface area contributed by atoms with Crippen LogP contribution in [0.5, 0.6) is 0 Å². The molecule has 2 rings (SSSR count). The molecule has 1 N–H and O–H groups in total. The third kappa shape index (κ3) is 2.71. The van der Waals surface area contributed by atoms with Crippen molar-refractivity contribution in [2.75, 3.05) is 6.54 Å². The van der Waals surface area contributed by atoms with Crippen molar-refractivity contribution in [2.45, 2.75) is 72.0 Å². The minimum atomic E-state index is 0.0569. The normalized spacial score (nSPS) is 30.3. The SMILES string of the molecule is CCC1NC(CC(C)C)N(CC2(CC)CC2)C1=O. The fraction of sp³-hybridized carbons (Fsp3) is 0.933. The van der Waals surface area contributed by atoms with Gasteiger partial charge in [0.05, 0.1) is 12.2 Å². The van der Waals surface area contributed by atoms with Gasteiger partial charge in [0.2, 0.25) is 5.91 Å². The minimum Gasteiger partial charge on any atom is -0.325 e. The fourth-order valence-corrected chi connectivity index (χ4v) is 3.03. The third-order valence-corrected chi connectivity index (χ3v) is 4.67. The van der Waals surface area contributed by atoms with Gasteiger partial charge in [-0.05, 0) is 43.4 Å². The zero-order chi connectivity index (χ0) is 13.3. The molecule has 0 aromatic carbocycles. The molecular formula is C15H28N2O. The Labute approximate surface area is 111 Å². The molecule has 2 atom stereocenters. The number of carbonyl (C=O) groups excluding carboxylic acids is 1. The van der Waals surface area contributed by atoms with E-state index in [9.17, 15) is 4.79 Å². The topological polar surface area (TPSA) is 32.3 Å². The van der Waals surface area contributed by atoms with Gasteiger partial charge < -0.3 is 4.90 Å². The highest BCUT2D eigenvalue weighted by molar-refractivity contribution is 5.84. The van der Waals surface area contributed by atoms with E-state index in [1.807, 2.05) is 0 Å². The molecule has 18 heavy (non-hydrogen) atoms. The molecule has 1 aliphatic heterocycles. The van der Waals surface area contributed by atoms with Crippen LogP contribution in [0.3, 0.4) is 0 Å². The van der Waals surface area contributed by atoms with Crippen molar-refractivity contribution in [1.82, 2.24) is 10.2 Å². The van der Waals surface area contributed by atoms with Crippen LogP contribution < -0.4 is 5.32 Å². The Morgan fingerprint density at radius 1 is 1.39 bits per heavy atom. The summed E-state index contributed by atoms with van der Waals surface area (Å²) in [5.74, 6) is 0.966. The Hall–Kier alpha value is -0.570. The second-order valence-corrected chi connectivity index (χ2v) is 6.59. The van der Waals surface area contributed by atoms with E-state index < -0.39 is 0 Å². The molecule has 0 bridgehead atoms. The lowest BCUT2D eigenvalue weighted by molar-refractivity contribution is -0.131. The van der Waals surface area contributed by atoms with E-state index in [2.05, 4.69) is 37.9 Å². The van der Waals surface area contributed by atoms with E-state index in [1.54, 1.807) is 0 Å². The summed E-state index contributed by atoms with van der Waals surface area (Å²) in [6, 6.07) is 0.0569. The number of nitrogens with one attached hydrogen (secondary N) is 1. The lowest BCUT2D eigenvalue weighted by Crippen LogP contribution is -2.41. The summed E-state index contributed by atoms with van der Waals surface area (Å²) in [6.07, 6.45) is 6.07. The molecule has 3 nitrogen and oxygen atoms in total. The van der Waals surface area contributed by atoms with Crippen LogP contribution in [0.4, 0.5) is 0 Å². The average Bonchev–Trinajstić information content (AvgIpc) is 3.05. The third-order valence-electron chi connectivity index (χ3n) is 4.67. The van der Waals surface area contributed by atoms with Gasteiger partial charge in [0.25, 0.3) is 0 Å². The van der Waals surface area contributed by atoms with E-state index in [-0.39, 0.29) is 12.2 Å². The van der Waals surface area contributed by atoms with Gasteiger partial charge in [-0.25, -0.2) is 0 Å². The second kappa shape index (κ2) is 5.20. The maximum atomic E-state index is 12.4. The number of rotatable bonds is 6. The highest BCUT2D eigenvalue weighted by Crippen LogP contribution is 2.49. The zero-order valence-corrected chi connectivity index (χ0v) is 12.3. The lowest BCUT2D eigenvalue weighted by atomic mass is 10.0. The molecule has 2 fully saturated rings. The monoisotopic (exact) mass is 252 g/mol. The van der Waals surface area contributed by atoms with E-state index in [1.165, 1.54) is 19.3 Å². The number of amides is 1. The first kappa shape index (κ1) is 13.9. The van der Waals surface area contributed by atoms with Crippen molar-refractivity contribution in [3.8, 4) is 0 Å². The maximum absolute atomic E-state index is 12.4. The van der Waals surface area contributed by atoms with Crippen LogP contribution in [-0.4, -0.2) is 29.6 Å². The Balaban J connectivity index is 2.05. The van der Waals surface area contributed by atoms with Crippen molar-refractivity contribution in [3.63, 3.8) is 0 Å². The smallest absolute Gasteiger partial charge is 0.241 e. The first-order valence-corrected chi connectivity index (χ1v) is 7.58. The second-order valence-electron chi connectivity index (χ2n) is 6.59. The van der Waals surface area contributed by atoms with Crippen LogP contribution in [0, 0.1) is 11.3 Å². The summed E-state index contributed by atoms with van der Waals surface area (Å²) in [5, 5.41) is 3.52. The predicted molar refractivity (Wildman–Crippen MR) is 74.1 cm³/mol. The Morgan fingerprint density at radius 3 is 2.50 bits per heavy atom. The standard InChI is InChI=1S/C15H28N2O/c1-5-12-14(18)17(10-15(6-2)7-8-15)13(16-12)9-11(3)4/h11-13,16H,5-10H2,1-4H3. The molecule has 2 unspecified atom stereocenters. The van der Waals surface area contributed by atoms with Gasteiger partial charge >= 0.3 is 0 Å². The van der Waals surface area contributed by atoms with Gasteiger partial charge in [0.1, 0.15) is 0 Å². The van der Waals surface area contributed by atoms with Gasteiger partial charge in [-0.1, -0.05) is 27.7 Å². The van der Waals surface area contributed by atoms with E-state index >= 15 is 0 Å². The molecule has 0 radical (unpaired) electrons. The molecule has 1 saturated heterocycles. The summed E-state index contributed by atoms with van der Waals surface area (Å²) in [4.78, 5) is 14.6. The summed E-state index contributed by atoms with van der Waals surface area (Å²) in [5.41, 5.74) is 0.454.